The molecule has 0 atom stereocenters. The molecule has 2 heterocycles. The molecule has 1 aromatic carbocycles. The van der Waals surface area contributed by atoms with Gasteiger partial charge in [0.2, 0.25) is 5.91 Å². The topological polar surface area (TPSA) is 68.3 Å². The Balaban J connectivity index is 1.81. The van der Waals surface area contributed by atoms with Gasteiger partial charge in [-0.1, -0.05) is 18.2 Å². The van der Waals surface area contributed by atoms with Gasteiger partial charge >= 0.3 is 0 Å². The second kappa shape index (κ2) is 4.85. The number of nitrogens with zero attached hydrogens (tertiary/aromatic N) is 2. The molecule has 1 aliphatic rings. The Morgan fingerprint density at radius 2 is 1.85 bits per heavy atom. The fourth-order valence-electron chi connectivity index (χ4n) is 2.49. The van der Waals surface area contributed by atoms with Gasteiger partial charge in [-0.2, -0.15) is 0 Å². The normalized spacial score (nSPS) is 13.6. The van der Waals surface area contributed by atoms with E-state index in [0.29, 0.717) is 25.2 Å². The molecule has 1 aliphatic heterocycles. The van der Waals surface area contributed by atoms with Gasteiger partial charge in [0, 0.05) is 36.7 Å². The number of fused-ring (bicyclic) bond motifs is 1. The maximum atomic E-state index is 12.0. The third-order valence-electron chi connectivity index (χ3n) is 3.50. The van der Waals surface area contributed by atoms with Crippen LogP contribution in [0.25, 0.3) is 0 Å². The van der Waals surface area contributed by atoms with Gasteiger partial charge in [-0.05, 0) is 17.7 Å². The van der Waals surface area contributed by atoms with Crippen LogP contribution >= 0.6 is 0 Å². The quantitative estimate of drug-likeness (QED) is 0.904. The average Bonchev–Trinajstić information content (AvgIpc) is 2.75. The SMILES string of the molecule is Nc1ccc(=O)n(CCN2C(=O)Cc3ccccc32)c1. The molecule has 5 heteroatoms. The van der Waals surface area contributed by atoms with Crippen molar-refractivity contribution < 1.29 is 4.79 Å². The Morgan fingerprint density at radius 3 is 2.70 bits per heavy atom. The minimum Gasteiger partial charge on any atom is -0.398 e. The first kappa shape index (κ1) is 12.5. The van der Waals surface area contributed by atoms with Crippen molar-refractivity contribution in [3.05, 3.63) is 58.5 Å². The van der Waals surface area contributed by atoms with Crippen LogP contribution in [-0.2, 0) is 17.8 Å². The summed E-state index contributed by atoms with van der Waals surface area (Å²) >= 11 is 0. The predicted octanol–water partition coefficient (Wildman–Crippen LogP) is 1.02. The van der Waals surface area contributed by atoms with Crippen molar-refractivity contribution in [1.82, 2.24) is 4.57 Å². The molecule has 102 valence electrons. The number of para-hydroxylation sites is 1. The van der Waals surface area contributed by atoms with Crippen molar-refractivity contribution in [1.29, 1.82) is 0 Å². The van der Waals surface area contributed by atoms with Crippen LogP contribution in [0.1, 0.15) is 5.56 Å². The number of nitrogen functional groups attached to an aromatic ring is 1. The van der Waals surface area contributed by atoms with Crippen LogP contribution in [0, 0.1) is 0 Å². The molecule has 0 fully saturated rings. The number of hydrogen-bond donors (Lipinski definition) is 1. The molecule has 2 N–H and O–H groups in total. The van der Waals surface area contributed by atoms with Gasteiger partial charge in [0.05, 0.1) is 6.42 Å². The van der Waals surface area contributed by atoms with E-state index in [1.807, 2.05) is 24.3 Å². The third-order valence-corrected chi connectivity index (χ3v) is 3.50. The number of nitrogens with two attached hydrogens (primary N) is 1. The second-order valence-electron chi connectivity index (χ2n) is 4.84. The summed E-state index contributed by atoms with van der Waals surface area (Å²) in [5, 5.41) is 0. The minimum absolute atomic E-state index is 0.0724. The van der Waals surface area contributed by atoms with Crippen LogP contribution in [0.4, 0.5) is 11.4 Å². The smallest absolute Gasteiger partial charge is 0.250 e. The van der Waals surface area contributed by atoms with Gasteiger partial charge in [-0.3, -0.25) is 9.59 Å². The van der Waals surface area contributed by atoms with Gasteiger partial charge in [-0.15, -0.1) is 0 Å². The number of rotatable bonds is 3. The standard InChI is InChI=1S/C15H15N3O2/c16-12-5-6-14(19)17(10-12)7-8-18-13-4-2-1-3-11(13)9-15(18)20/h1-6,10H,7-9,16H2. The second-order valence-corrected chi connectivity index (χ2v) is 4.84. The predicted molar refractivity (Wildman–Crippen MR) is 77.6 cm³/mol. The molecule has 3 rings (SSSR count). The summed E-state index contributed by atoms with van der Waals surface area (Å²) in [5.41, 5.74) is 8.08. The molecule has 2 aromatic rings. The number of pyridine rings is 1. The van der Waals surface area contributed by atoms with Gasteiger partial charge in [0.1, 0.15) is 0 Å². The lowest BCUT2D eigenvalue weighted by molar-refractivity contribution is -0.117. The van der Waals surface area contributed by atoms with Gasteiger partial charge < -0.3 is 15.2 Å². The number of hydrogen-bond acceptors (Lipinski definition) is 3. The first-order valence-corrected chi connectivity index (χ1v) is 6.49. The van der Waals surface area contributed by atoms with Crippen LogP contribution < -0.4 is 16.2 Å². The molecule has 0 bridgehead atoms. The van der Waals surface area contributed by atoms with E-state index in [1.54, 1.807) is 17.2 Å². The zero-order valence-electron chi connectivity index (χ0n) is 11.0. The van der Waals surface area contributed by atoms with Crippen LogP contribution in [0.3, 0.4) is 0 Å². The summed E-state index contributed by atoms with van der Waals surface area (Å²) in [4.78, 5) is 25.5. The summed E-state index contributed by atoms with van der Waals surface area (Å²) in [7, 11) is 0. The number of carbonyl (C=O) groups is 1. The highest BCUT2D eigenvalue weighted by molar-refractivity contribution is 6.01. The lowest BCUT2D eigenvalue weighted by atomic mass is 10.2. The molecule has 0 aliphatic carbocycles. The fourth-order valence-corrected chi connectivity index (χ4v) is 2.49. The van der Waals surface area contributed by atoms with E-state index in [-0.39, 0.29) is 11.5 Å². The number of amides is 1. The number of anilines is 2. The summed E-state index contributed by atoms with van der Waals surface area (Å²) in [6.07, 6.45) is 2.04. The summed E-state index contributed by atoms with van der Waals surface area (Å²) in [5.74, 6) is 0.0724. The van der Waals surface area contributed by atoms with Gasteiger partial charge in [-0.25, -0.2) is 0 Å². The zero-order chi connectivity index (χ0) is 14.1. The molecule has 0 unspecified atom stereocenters. The number of carbonyl (C=O) groups excluding carboxylic acids is 1. The molecule has 20 heavy (non-hydrogen) atoms. The van der Waals surface area contributed by atoms with Gasteiger partial charge in [0.15, 0.2) is 0 Å². The number of aromatic nitrogens is 1. The van der Waals surface area contributed by atoms with Crippen LogP contribution in [0.5, 0.6) is 0 Å². The molecule has 1 aromatic heterocycles. The lowest BCUT2D eigenvalue weighted by Gasteiger charge is -2.18. The molecule has 0 saturated heterocycles. The van der Waals surface area contributed by atoms with Crippen LogP contribution in [0.2, 0.25) is 0 Å². The summed E-state index contributed by atoms with van der Waals surface area (Å²) < 4.78 is 1.53. The Kier molecular flexibility index (Phi) is 3.02. The highest BCUT2D eigenvalue weighted by atomic mass is 16.2. The first-order chi connectivity index (χ1) is 9.65. The molecule has 0 saturated carbocycles. The van der Waals surface area contributed by atoms with E-state index < -0.39 is 0 Å². The Hall–Kier alpha value is -2.56. The third kappa shape index (κ3) is 2.18. The Morgan fingerprint density at radius 1 is 1.05 bits per heavy atom. The van der Waals surface area contributed by atoms with E-state index >= 15 is 0 Å². The fraction of sp³-hybridized carbons (Fsp3) is 0.200. The van der Waals surface area contributed by atoms with Crippen molar-refractivity contribution in [3.63, 3.8) is 0 Å². The van der Waals surface area contributed by atoms with E-state index in [4.69, 9.17) is 5.73 Å². The highest BCUT2D eigenvalue weighted by Crippen LogP contribution is 2.27. The maximum Gasteiger partial charge on any atom is 0.250 e. The van der Waals surface area contributed by atoms with Crippen molar-refractivity contribution in [2.45, 2.75) is 13.0 Å². The van der Waals surface area contributed by atoms with E-state index in [9.17, 15) is 9.59 Å². The molecule has 0 spiro atoms. The van der Waals surface area contributed by atoms with E-state index in [1.165, 1.54) is 10.6 Å². The van der Waals surface area contributed by atoms with Crippen molar-refractivity contribution >= 4 is 17.3 Å². The molecular weight excluding hydrogens is 254 g/mol. The maximum absolute atomic E-state index is 12.0. The Labute approximate surface area is 116 Å². The zero-order valence-corrected chi connectivity index (χ0v) is 11.0. The van der Waals surface area contributed by atoms with Crippen molar-refractivity contribution in [3.8, 4) is 0 Å². The average molecular weight is 269 g/mol. The highest BCUT2D eigenvalue weighted by Gasteiger charge is 2.26. The van der Waals surface area contributed by atoms with Crippen molar-refractivity contribution in [2.24, 2.45) is 0 Å². The summed E-state index contributed by atoms with van der Waals surface area (Å²) in [6.45, 7) is 0.906. The number of benzene rings is 1. The van der Waals surface area contributed by atoms with E-state index in [0.717, 1.165) is 11.3 Å². The molecular formula is C15H15N3O2. The Bertz CT molecular complexity index is 721. The van der Waals surface area contributed by atoms with Crippen LogP contribution in [-0.4, -0.2) is 17.0 Å². The molecule has 5 nitrogen and oxygen atoms in total. The summed E-state index contributed by atoms with van der Waals surface area (Å²) in [6, 6.07) is 10.8. The lowest BCUT2D eigenvalue weighted by Crippen LogP contribution is -2.32. The van der Waals surface area contributed by atoms with Gasteiger partial charge in [0.25, 0.3) is 5.56 Å². The largest absolute Gasteiger partial charge is 0.398 e. The van der Waals surface area contributed by atoms with Crippen molar-refractivity contribution in [2.75, 3.05) is 17.2 Å². The first-order valence-electron chi connectivity index (χ1n) is 6.49. The molecule has 1 amide bonds. The van der Waals surface area contributed by atoms with E-state index in [2.05, 4.69) is 0 Å². The molecule has 0 radical (unpaired) electrons. The van der Waals surface area contributed by atoms with Crippen LogP contribution in [0.15, 0.2) is 47.4 Å². The monoisotopic (exact) mass is 269 g/mol. The minimum atomic E-state index is -0.112.